The second-order valence-electron chi connectivity index (χ2n) is 4.72. The van der Waals surface area contributed by atoms with Gasteiger partial charge in [0.25, 0.3) is 0 Å². The third kappa shape index (κ3) is 2.10. The molecule has 4 heteroatoms. The van der Waals surface area contributed by atoms with Crippen LogP contribution in [0.3, 0.4) is 0 Å². The summed E-state index contributed by atoms with van der Waals surface area (Å²) in [6.45, 7) is 3.52. The quantitative estimate of drug-likeness (QED) is 0.855. The van der Waals surface area contributed by atoms with Gasteiger partial charge in [-0.05, 0) is 24.9 Å². The summed E-state index contributed by atoms with van der Waals surface area (Å²) in [5, 5.41) is 9.13. The standard InChI is InChI=1S/C13H17NO3/c15-8-10-4-5-14(6-10)7-11-2-1-3-12-13(11)17-9-16-12/h1-3,10,15H,4-9H2. The van der Waals surface area contributed by atoms with E-state index in [0.29, 0.717) is 19.3 Å². The second kappa shape index (κ2) is 4.55. The minimum atomic E-state index is 0.295. The zero-order valence-corrected chi connectivity index (χ0v) is 9.76. The third-order valence-corrected chi connectivity index (χ3v) is 3.50. The fourth-order valence-electron chi connectivity index (χ4n) is 2.56. The third-order valence-electron chi connectivity index (χ3n) is 3.50. The van der Waals surface area contributed by atoms with E-state index >= 15 is 0 Å². The Balaban J connectivity index is 1.72. The molecule has 92 valence electrons. The molecule has 0 aromatic heterocycles. The highest BCUT2D eigenvalue weighted by Gasteiger charge is 2.24. The summed E-state index contributed by atoms with van der Waals surface area (Å²) in [5.41, 5.74) is 1.18. The molecule has 2 aliphatic heterocycles. The fraction of sp³-hybridized carbons (Fsp3) is 0.538. The molecule has 0 spiro atoms. The van der Waals surface area contributed by atoms with Crippen molar-refractivity contribution in [3.8, 4) is 11.5 Å². The van der Waals surface area contributed by atoms with Crippen LogP contribution in [-0.4, -0.2) is 36.5 Å². The first-order valence-electron chi connectivity index (χ1n) is 6.07. The van der Waals surface area contributed by atoms with Crippen molar-refractivity contribution < 1.29 is 14.6 Å². The van der Waals surface area contributed by atoms with Crippen molar-refractivity contribution in [3.63, 3.8) is 0 Å². The number of rotatable bonds is 3. The molecule has 0 amide bonds. The van der Waals surface area contributed by atoms with Gasteiger partial charge in [0, 0.05) is 25.3 Å². The fourth-order valence-corrected chi connectivity index (χ4v) is 2.56. The Bertz CT molecular complexity index is 408. The van der Waals surface area contributed by atoms with E-state index in [9.17, 15) is 0 Å². The zero-order valence-electron chi connectivity index (χ0n) is 9.76. The maximum atomic E-state index is 9.13. The summed E-state index contributed by atoms with van der Waals surface area (Å²) in [6.07, 6.45) is 1.09. The van der Waals surface area contributed by atoms with Gasteiger partial charge in [-0.15, -0.1) is 0 Å². The van der Waals surface area contributed by atoms with Gasteiger partial charge in [-0.3, -0.25) is 4.90 Å². The van der Waals surface area contributed by atoms with Crippen LogP contribution in [0.25, 0.3) is 0 Å². The van der Waals surface area contributed by atoms with Crippen LogP contribution >= 0.6 is 0 Å². The monoisotopic (exact) mass is 235 g/mol. The molecule has 1 fully saturated rings. The second-order valence-corrected chi connectivity index (χ2v) is 4.72. The molecule has 17 heavy (non-hydrogen) atoms. The van der Waals surface area contributed by atoms with E-state index < -0.39 is 0 Å². The molecule has 1 aromatic carbocycles. The average molecular weight is 235 g/mol. The highest BCUT2D eigenvalue weighted by Crippen LogP contribution is 2.36. The molecule has 1 aromatic rings. The summed E-state index contributed by atoms with van der Waals surface area (Å²) in [4.78, 5) is 2.36. The van der Waals surface area contributed by atoms with Crippen LogP contribution in [0, 0.1) is 5.92 Å². The van der Waals surface area contributed by atoms with Crippen LogP contribution in [0.15, 0.2) is 18.2 Å². The number of hydrogen-bond donors (Lipinski definition) is 1. The number of aliphatic hydroxyl groups is 1. The summed E-state index contributed by atoms with van der Waals surface area (Å²) in [7, 11) is 0. The maximum Gasteiger partial charge on any atom is 0.231 e. The van der Waals surface area contributed by atoms with E-state index in [1.54, 1.807) is 0 Å². The molecule has 0 bridgehead atoms. The molecule has 2 aliphatic rings. The van der Waals surface area contributed by atoms with E-state index in [1.165, 1.54) is 5.56 Å². The molecule has 2 heterocycles. The molecule has 0 radical (unpaired) electrons. The molecular formula is C13H17NO3. The van der Waals surface area contributed by atoms with Gasteiger partial charge in [0.15, 0.2) is 11.5 Å². The number of aliphatic hydroxyl groups excluding tert-OH is 1. The summed E-state index contributed by atoms with van der Waals surface area (Å²) in [5.74, 6) is 2.17. The first kappa shape index (κ1) is 10.9. The highest BCUT2D eigenvalue weighted by molar-refractivity contribution is 5.48. The Morgan fingerprint density at radius 1 is 1.35 bits per heavy atom. The molecule has 4 nitrogen and oxygen atoms in total. The lowest BCUT2D eigenvalue weighted by molar-refractivity contribution is 0.172. The lowest BCUT2D eigenvalue weighted by Gasteiger charge is -2.16. The van der Waals surface area contributed by atoms with Crippen LogP contribution in [0.2, 0.25) is 0 Å². The Morgan fingerprint density at radius 3 is 3.12 bits per heavy atom. The smallest absolute Gasteiger partial charge is 0.231 e. The van der Waals surface area contributed by atoms with Crippen LogP contribution in [0.1, 0.15) is 12.0 Å². The number of nitrogens with zero attached hydrogens (tertiary/aromatic N) is 1. The lowest BCUT2D eigenvalue weighted by atomic mass is 10.1. The predicted octanol–water partition coefficient (Wildman–Crippen LogP) is 1.23. The van der Waals surface area contributed by atoms with Gasteiger partial charge in [-0.25, -0.2) is 0 Å². The normalized spacial score (nSPS) is 23.2. The number of ether oxygens (including phenoxy) is 2. The number of fused-ring (bicyclic) bond motifs is 1. The Kier molecular flexibility index (Phi) is 2.91. The van der Waals surface area contributed by atoms with Gasteiger partial charge in [-0.1, -0.05) is 12.1 Å². The number of benzene rings is 1. The summed E-state index contributed by atoms with van der Waals surface area (Å²) < 4.78 is 10.9. The summed E-state index contributed by atoms with van der Waals surface area (Å²) >= 11 is 0. The van der Waals surface area contributed by atoms with E-state index in [-0.39, 0.29) is 0 Å². The van der Waals surface area contributed by atoms with Crippen LogP contribution < -0.4 is 9.47 Å². The molecule has 1 atom stereocenters. The van der Waals surface area contributed by atoms with E-state index in [1.807, 2.05) is 12.1 Å². The van der Waals surface area contributed by atoms with Gasteiger partial charge >= 0.3 is 0 Å². The van der Waals surface area contributed by atoms with Crippen molar-refractivity contribution in [2.45, 2.75) is 13.0 Å². The Morgan fingerprint density at radius 2 is 2.29 bits per heavy atom. The maximum absolute atomic E-state index is 9.13. The van der Waals surface area contributed by atoms with Gasteiger partial charge in [0.1, 0.15) is 0 Å². The number of para-hydroxylation sites is 1. The lowest BCUT2D eigenvalue weighted by Crippen LogP contribution is -2.21. The minimum Gasteiger partial charge on any atom is -0.454 e. The van der Waals surface area contributed by atoms with E-state index in [0.717, 1.165) is 37.6 Å². The molecule has 1 saturated heterocycles. The van der Waals surface area contributed by atoms with E-state index in [4.69, 9.17) is 14.6 Å². The molecule has 1 unspecified atom stereocenters. The molecule has 0 saturated carbocycles. The van der Waals surface area contributed by atoms with Crippen molar-refractivity contribution in [1.82, 2.24) is 4.90 Å². The predicted molar refractivity (Wildman–Crippen MR) is 63.0 cm³/mol. The van der Waals surface area contributed by atoms with Crippen LogP contribution in [-0.2, 0) is 6.54 Å². The van der Waals surface area contributed by atoms with Crippen molar-refractivity contribution >= 4 is 0 Å². The van der Waals surface area contributed by atoms with Gasteiger partial charge in [0.2, 0.25) is 6.79 Å². The minimum absolute atomic E-state index is 0.295. The summed E-state index contributed by atoms with van der Waals surface area (Å²) in [6, 6.07) is 6.02. The van der Waals surface area contributed by atoms with Gasteiger partial charge < -0.3 is 14.6 Å². The molecule has 3 rings (SSSR count). The SMILES string of the molecule is OCC1CCN(Cc2cccc3c2OCO3)C1. The first-order chi connectivity index (χ1) is 8.36. The highest BCUT2D eigenvalue weighted by atomic mass is 16.7. The van der Waals surface area contributed by atoms with Crippen molar-refractivity contribution in [3.05, 3.63) is 23.8 Å². The first-order valence-corrected chi connectivity index (χ1v) is 6.07. The number of hydrogen-bond acceptors (Lipinski definition) is 4. The van der Waals surface area contributed by atoms with Crippen LogP contribution in [0.4, 0.5) is 0 Å². The van der Waals surface area contributed by atoms with Crippen molar-refractivity contribution in [1.29, 1.82) is 0 Å². The van der Waals surface area contributed by atoms with Crippen molar-refractivity contribution in [2.24, 2.45) is 5.92 Å². The molecular weight excluding hydrogens is 218 g/mol. The Hall–Kier alpha value is -1.26. The van der Waals surface area contributed by atoms with Gasteiger partial charge in [-0.2, -0.15) is 0 Å². The molecule has 1 N–H and O–H groups in total. The zero-order chi connectivity index (χ0) is 11.7. The van der Waals surface area contributed by atoms with E-state index in [2.05, 4.69) is 11.0 Å². The largest absolute Gasteiger partial charge is 0.454 e. The van der Waals surface area contributed by atoms with Gasteiger partial charge in [0.05, 0.1) is 0 Å². The molecule has 0 aliphatic carbocycles. The average Bonchev–Trinajstić information content (AvgIpc) is 2.97. The Labute approximate surface area is 101 Å². The van der Waals surface area contributed by atoms with Crippen molar-refractivity contribution in [2.75, 3.05) is 26.5 Å². The topological polar surface area (TPSA) is 41.9 Å². The number of likely N-dealkylation sites (tertiary alicyclic amines) is 1. The van der Waals surface area contributed by atoms with Crippen LogP contribution in [0.5, 0.6) is 11.5 Å².